The molecule has 0 spiro atoms. The molecule has 1 amide bonds. The molecule has 0 aromatic carbocycles. The minimum atomic E-state index is -0.316. The Hall–Kier alpha value is -3.52. The number of aromatic amines is 1. The van der Waals surface area contributed by atoms with Gasteiger partial charge in [-0.3, -0.25) is 14.6 Å². The Kier molecular flexibility index (Phi) is 6.68. The summed E-state index contributed by atoms with van der Waals surface area (Å²) >= 11 is 0. The number of nitrogens with zero attached hydrogens (tertiary/aromatic N) is 2. The van der Waals surface area contributed by atoms with Crippen LogP contribution in [0.3, 0.4) is 0 Å². The van der Waals surface area contributed by atoms with E-state index in [0.29, 0.717) is 35.7 Å². The highest BCUT2D eigenvalue weighted by Crippen LogP contribution is 2.24. The Morgan fingerprint density at radius 3 is 2.84 bits per heavy atom. The number of carbonyl (C=O) groups excluding carboxylic acids is 2. The monoisotopic (exact) mass is 419 g/mol. The molecule has 1 aliphatic rings. The number of amides is 1. The summed E-state index contributed by atoms with van der Waals surface area (Å²) in [5, 5.41) is 6.15. The number of hydrogen-bond donors (Lipinski definition) is 3. The molecular formula is C23H25N5O3. The topological polar surface area (TPSA) is 109 Å². The first-order chi connectivity index (χ1) is 15.2. The van der Waals surface area contributed by atoms with Crippen LogP contribution >= 0.6 is 0 Å². The third kappa shape index (κ3) is 5.35. The summed E-state index contributed by atoms with van der Waals surface area (Å²) in [5.41, 5.74) is 3.50. The van der Waals surface area contributed by atoms with Crippen molar-refractivity contribution in [2.75, 3.05) is 18.5 Å². The highest BCUT2D eigenvalue weighted by molar-refractivity contribution is 6.13. The largest absolute Gasteiger partial charge is 0.478 e. The fourth-order valence-electron chi connectivity index (χ4n) is 3.56. The van der Waals surface area contributed by atoms with Crippen LogP contribution in [0.5, 0.6) is 5.88 Å². The van der Waals surface area contributed by atoms with Gasteiger partial charge in [-0.2, -0.15) is 0 Å². The molecule has 1 aliphatic carbocycles. The van der Waals surface area contributed by atoms with Crippen LogP contribution < -0.4 is 15.4 Å². The van der Waals surface area contributed by atoms with E-state index >= 15 is 0 Å². The van der Waals surface area contributed by atoms with Crippen LogP contribution in [0.2, 0.25) is 0 Å². The fourth-order valence-corrected chi connectivity index (χ4v) is 3.56. The van der Waals surface area contributed by atoms with Gasteiger partial charge in [-0.05, 0) is 49.6 Å². The first-order valence-corrected chi connectivity index (χ1v) is 10.4. The van der Waals surface area contributed by atoms with Crippen LogP contribution in [-0.2, 0) is 13.0 Å². The van der Waals surface area contributed by atoms with E-state index in [1.807, 2.05) is 12.1 Å². The number of hydrogen-bond acceptors (Lipinski definition) is 6. The normalized spacial score (nSPS) is 13.0. The molecule has 3 aromatic rings. The fraction of sp³-hybridized carbons (Fsp3) is 0.304. The second-order valence-electron chi connectivity index (χ2n) is 7.41. The summed E-state index contributed by atoms with van der Waals surface area (Å²) < 4.78 is 5.66. The number of ketones is 1. The zero-order valence-corrected chi connectivity index (χ0v) is 17.2. The first kappa shape index (κ1) is 20.7. The van der Waals surface area contributed by atoms with Crippen molar-refractivity contribution < 1.29 is 14.3 Å². The van der Waals surface area contributed by atoms with Crippen molar-refractivity contribution in [2.45, 2.75) is 32.2 Å². The van der Waals surface area contributed by atoms with E-state index in [4.69, 9.17) is 4.74 Å². The Morgan fingerprint density at radius 2 is 2.03 bits per heavy atom. The lowest BCUT2D eigenvalue weighted by Gasteiger charge is -2.12. The van der Waals surface area contributed by atoms with Gasteiger partial charge in [0.25, 0.3) is 5.91 Å². The number of fused-ring (bicyclic) bond motifs is 1. The van der Waals surface area contributed by atoms with Crippen LogP contribution in [0.4, 0.5) is 5.69 Å². The maximum Gasteiger partial charge on any atom is 0.257 e. The molecule has 0 aliphatic heterocycles. The van der Waals surface area contributed by atoms with Gasteiger partial charge in [0, 0.05) is 43.3 Å². The average Bonchev–Trinajstić information content (AvgIpc) is 3.24. The molecule has 0 saturated heterocycles. The Morgan fingerprint density at radius 1 is 1.16 bits per heavy atom. The average molecular weight is 419 g/mol. The molecule has 0 fully saturated rings. The smallest absolute Gasteiger partial charge is 0.257 e. The summed E-state index contributed by atoms with van der Waals surface area (Å²) in [6.45, 7) is 2.17. The highest BCUT2D eigenvalue weighted by atomic mass is 16.5. The molecule has 3 aromatic heterocycles. The van der Waals surface area contributed by atoms with Crippen LogP contribution in [0, 0.1) is 0 Å². The number of carbonyl (C=O) groups is 2. The van der Waals surface area contributed by atoms with E-state index in [1.54, 1.807) is 36.9 Å². The van der Waals surface area contributed by atoms with Crippen molar-refractivity contribution in [3.05, 3.63) is 71.4 Å². The number of aromatic nitrogens is 3. The van der Waals surface area contributed by atoms with Crippen molar-refractivity contribution in [2.24, 2.45) is 0 Å². The van der Waals surface area contributed by atoms with Crippen LogP contribution in [0.15, 0.2) is 49.1 Å². The van der Waals surface area contributed by atoms with Crippen LogP contribution in [-0.4, -0.2) is 39.8 Å². The Bertz CT molecular complexity index is 1030. The third-order valence-electron chi connectivity index (χ3n) is 5.14. The van der Waals surface area contributed by atoms with Gasteiger partial charge in [0.1, 0.15) is 0 Å². The summed E-state index contributed by atoms with van der Waals surface area (Å²) in [4.78, 5) is 36.1. The van der Waals surface area contributed by atoms with Crippen molar-refractivity contribution in [1.82, 2.24) is 20.3 Å². The van der Waals surface area contributed by atoms with E-state index in [2.05, 4.69) is 25.6 Å². The summed E-state index contributed by atoms with van der Waals surface area (Å²) in [7, 11) is 0. The third-order valence-corrected chi connectivity index (χ3v) is 5.14. The number of Topliss-reactive ketones (excluding diaryl/α,β-unsaturated/α-hetero) is 1. The summed E-state index contributed by atoms with van der Waals surface area (Å²) in [5.74, 6) is 0.203. The number of rotatable bonds is 9. The van der Waals surface area contributed by atoms with Crippen molar-refractivity contribution >= 4 is 17.4 Å². The number of anilines is 1. The number of ether oxygens (including phenoxy) is 1. The second kappa shape index (κ2) is 9.99. The molecule has 0 radical (unpaired) electrons. The van der Waals surface area contributed by atoms with Gasteiger partial charge < -0.3 is 20.4 Å². The van der Waals surface area contributed by atoms with Gasteiger partial charge in [-0.15, -0.1) is 0 Å². The highest BCUT2D eigenvalue weighted by Gasteiger charge is 2.25. The quantitative estimate of drug-likeness (QED) is 0.460. The minimum Gasteiger partial charge on any atom is -0.478 e. The molecule has 8 heteroatoms. The van der Waals surface area contributed by atoms with Gasteiger partial charge in [0.05, 0.1) is 29.6 Å². The molecule has 31 heavy (non-hydrogen) atoms. The maximum absolute atomic E-state index is 12.6. The molecule has 4 rings (SSSR count). The lowest BCUT2D eigenvalue weighted by atomic mass is 9.93. The molecule has 3 N–H and O–H groups in total. The molecule has 8 nitrogen and oxygen atoms in total. The molecule has 0 unspecified atom stereocenters. The minimum absolute atomic E-state index is 0.0183. The van der Waals surface area contributed by atoms with Crippen molar-refractivity contribution in [3.8, 4) is 5.88 Å². The number of nitrogens with one attached hydrogen (secondary N) is 3. The van der Waals surface area contributed by atoms with E-state index < -0.39 is 0 Å². The number of H-pyrrole nitrogens is 1. The van der Waals surface area contributed by atoms with Crippen molar-refractivity contribution in [3.63, 3.8) is 0 Å². The number of aryl methyl sites for hydroxylation is 1. The van der Waals surface area contributed by atoms with Gasteiger partial charge in [-0.1, -0.05) is 0 Å². The predicted octanol–water partition coefficient (Wildman–Crippen LogP) is 3.13. The maximum atomic E-state index is 12.6. The van der Waals surface area contributed by atoms with Gasteiger partial charge in [0.2, 0.25) is 5.88 Å². The Balaban J connectivity index is 1.21. The first-order valence-electron chi connectivity index (χ1n) is 10.4. The SMILES string of the molecule is O=C(Nc1ccc(OCCCNCc2ccncc2)nc1)c1c[nH]c2c1C(=O)CCC2. The van der Waals surface area contributed by atoms with Crippen molar-refractivity contribution in [1.29, 1.82) is 0 Å². The molecule has 0 bridgehead atoms. The van der Waals surface area contributed by atoms with Crippen LogP contribution in [0.1, 0.15) is 51.2 Å². The van der Waals surface area contributed by atoms with E-state index in [9.17, 15) is 9.59 Å². The lowest BCUT2D eigenvalue weighted by Crippen LogP contribution is -2.18. The van der Waals surface area contributed by atoms with E-state index in [-0.39, 0.29) is 11.7 Å². The van der Waals surface area contributed by atoms with Crippen LogP contribution in [0.25, 0.3) is 0 Å². The zero-order chi connectivity index (χ0) is 21.5. The molecule has 160 valence electrons. The summed E-state index contributed by atoms with van der Waals surface area (Å²) in [6, 6.07) is 7.42. The van der Waals surface area contributed by atoms with Gasteiger partial charge in [-0.25, -0.2) is 4.98 Å². The molecular weight excluding hydrogens is 394 g/mol. The number of pyridine rings is 2. The predicted molar refractivity (Wildman–Crippen MR) is 116 cm³/mol. The van der Waals surface area contributed by atoms with Gasteiger partial charge in [0.15, 0.2) is 5.78 Å². The van der Waals surface area contributed by atoms with E-state index in [1.165, 1.54) is 5.56 Å². The molecule has 3 heterocycles. The Labute approximate surface area is 180 Å². The second-order valence-corrected chi connectivity index (χ2v) is 7.41. The zero-order valence-electron chi connectivity index (χ0n) is 17.2. The standard InChI is InChI=1S/C23H25N5O3/c29-20-4-1-3-19-22(20)18(15-26-19)23(30)28-17-5-6-21(27-14-17)31-12-2-9-25-13-16-7-10-24-11-8-16/h5-8,10-11,14-15,25-26H,1-4,9,12-13H2,(H,28,30). The molecule has 0 saturated carbocycles. The summed E-state index contributed by atoms with van der Waals surface area (Å²) in [6.07, 6.45) is 9.66. The van der Waals surface area contributed by atoms with E-state index in [0.717, 1.165) is 38.0 Å². The molecule has 0 atom stereocenters. The van der Waals surface area contributed by atoms with Gasteiger partial charge >= 0.3 is 0 Å². The lowest BCUT2D eigenvalue weighted by molar-refractivity contribution is 0.0956.